The van der Waals surface area contributed by atoms with Gasteiger partial charge in [-0.25, -0.2) is 0 Å². The average molecular weight is 58.1 g/mol. The molecule has 1 atom stereocenters. The largest absolute Gasteiger partial charge is 0.328 e. The molecule has 0 saturated heterocycles. The predicted molar refractivity (Wildman–Crippen MR) is 19.0 cm³/mol. The van der Waals surface area contributed by atoms with Crippen molar-refractivity contribution in [1.29, 1.82) is 0 Å². The average Bonchev–Trinajstić information content (AvgIpc) is 0.811. The van der Waals surface area contributed by atoms with Gasteiger partial charge in [-0.1, -0.05) is 0 Å². The summed E-state index contributed by atoms with van der Waals surface area (Å²) in [6.45, 7) is 5.25. The van der Waals surface area contributed by atoms with E-state index < -0.39 is 0 Å². The Bertz CT molecular complexity index is 8.00. The Balaban J connectivity index is 2.32. The maximum Gasteiger partial charge on any atom is 0.00110 e. The van der Waals surface area contributed by atoms with Crippen molar-refractivity contribution in [2.45, 2.75) is 13.0 Å². The van der Waals surface area contributed by atoms with Crippen LogP contribution in [0.4, 0.5) is 0 Å². The molecular formula is C3H8N. The summed E-state index contributed by atoms with van der Waals surface area (Å²) in [4.78, 5) is 0. The highest BCUT2D eigenvalue weighted by atomic mass is 14.6. The molecule has 0 aliphatic rings. The van der Waals surface area contributed by atoms with Crippen molar-refractivity contribution in [1.82, 2.24) is 0 Å². The van der Waals surface area contributed by atoms with Crippen molar-refractivity contribution in [2.24, 2.45) is 5.73 Å². The van der Waals surface area contributed by atoms with Crippen LogP contribution in [0.5, 0.6) is 0 Å². The molecule has 0 aromatic carbocycles. The predicted octanol–water partition coefficient (Wildman–Crippen LogP) is 0.168. The summed E-state index contributed by atoms with van der Waals surface area (Å²) in [6, 6.07) is 0.0833. The van der Waals surface area contributed by atoms with Gasteiger partial charge in [0, 0.05) is 6.04 Å². The molecule has 0 aromatic rings. The van der Waals surface area contributed by atoms with Crippen LogP contribution in [0, 0.1) is 6.92 Å². The van der Waals surface area contributed by atoms with Gasteiger partial charge in [0.25, 0.3) is 0 Å². The van der Waals surface area contributed by atoms with Crippen LogP contribution in [0.3, 0.4) is 0 Å². The Morgan fingerprint density at radius 2 is 2.00 bits per heavy atom. The molecule has 1 heteroatoms. The van der Waals surface area contributed by atoms with E-state index in [9.17, 15) is 0 Å². The lowest BCUT2D eigenvalue weighted by Gasteiger charge is -1.81. The normalized spacial score (nSPS) is 9.00. The lowest BCUT2D eigenvalue weighted by Crippen LogP contribution is -2.07. The molecule has 0 heterocycles. The first-order valence-electron chi connectivity index (χ1n) is 1.32. The highest BCUT2D eigenvalue weighted by Crippen LogP contribution is 1.56. The standard InChI is InChI=1S/C3H8N/c1-3(2)4/h3H,1,4H2,2H3. The molecule has 0 bridgehead atoms. The zero-order chi connectivity index (χ0) is 3.58. The summed E-state index contributed by atoms with van der Waals surface area (Å²) < 4.78 is 0. The first-order chi connectivity index (χ1) is 1.73. The fraction of sp³-hybridized carbons (Fsp3) is 0.667. The van der Waals surface area contributed by atoms with Gasteiger partial charge in [0.2, 0.25) is 0 Å². The Kier molecular flexibility index (Phi) is 1.28. The number of hydrogen-bond donors (Lipinski definition) is 1. The van der Waals surface area contributed by atoms with Gasteiger partial charge in [-0.15, -0.1) is 0 Å². The van der Waals surface area contributed by atoms with Gasteiger partial charge in [-0.3, -0.25) is 0 Å². The molecule has 0 aliphatic heterocycles. The zero-order valence-electron chi connectivity index (χ0n) is 2.86. The maximum atomic E-state index is 5.00. The molecule has 0 fully saturated rings. The lowest BCUT2D eigenvalue weighted by atomic mass is 10.5. The van der Waals surface area contributed by atoms with Gasteiger partial charge in [-0.2, -0.15) is 0 Å². The molecule has 1 radical (unpaired) electrons. The molecule has 0 spiro atoms. The van der Waals surface area contributed by atoms with Crippen LogP contribution in [-0.2, 0) is 0 Å². The number of rotatable bonds is 0. The summed E-state index contributed by atoms with van der Waals surface area (Å²) in [5.74, 6) is 0. The first kappa shape index (κ1) is 3.96. The van der Waals surface area contributed by atoms with Gasteiger partial charge in [0.1, 0.15) is 0 Å². The van der Waals surface area contributed by atoms with Crippen molar-refractivity contribution in [3.63, 3.8) is 0 Å². The Labute approximate surface area is 26.8 Å². The van der Waals surface area contributed by atoms with E-state index in [2.05, 4.69) is 6.92 Å². The van der Waals surface area contributed by atoms with E-state index in [0.717, 1.165) is 0 Å². The SMILES string of the molecule is [CH2]C(C)N. The van der Waals surface area contributed by atoms with Crippen LogP contribution >= 0.6 is 0 Å². The highest BCUT2D eigenvalue weighted by molar-refractivity contribution is 4.49. The fourth-order valence-electron chi connectivity index (χ4n) is 0. The first-order valence-corrected chi connectivity index (χ1v) is 1.32. The van der Waals surface area contributed by atoms with Crippen LogP contribution in [0.1, 0.15) is 6.92 Å². The van der Waals surface area contributed by atoms with E-state index >= 15 is 0 Å². The summed E-state index contributed by atoms with van der Waals surface area (Å²) in [7, 11) is 0. The van der Waals surface area contributed by atoms with Crippen molar-refractivity contribution in [3.8, 4) is 0 Å². The zero-order valence-corrected chi connectivity index (χ0v) is 2.86. The van der Waals surface area contributed by atoms with Gasteiger partial charge in [0.05, 0.1) is 0 Å². The van der Waals surface area contributed by atoms with Crippen molar-refractivity contribution >= 4 is 0 Å². The molecule has 1 unspecified atom stereocenters. The van der Waals surface area contributed by atoms with E-state index in [1.54, 1.807) is 0 Å². The Morgan fingerprint density at radius 3 is 2.00 bits per heavy atom. The van der Waals surface area contributed by atoms with Gasteiger partial charge >= 0.3 is 0 Å². The van der Waals surface area contributed by atoms with E-state index in [-0.39, 0.29) is 6.04 Å². The third kappa shape index (κ3) is 1130. The van der Waals surface area contributed by atoms with Crippen LogP contribution in [0.15, 0.2) is 0 Å². The molecule has 0 rings (SSSR count). The van der Waals surface area contributed by atoms with Crippen molar-refractivity contribution < 1.29 is 0 Å². The van der Waals surface area contributed by atoms with Crippen molar-refractivity contribution in [3.05, 3.63) is 6.92 Å². The molecule has 0 amide bonds. The third-order valence-corrected chi connectivity index (χ3v) is 0. The minimum Gasteiger partial charge on any atom is -0.328 e. The third-order valence-electron chi connectivity index (χ3n) is 0. The summed E-state index contributed by atoms with van der Waals surface area (Å²) in [5.41, 5.74) is 5.00. The van der Waals surface area contributed by atoms with Crippen LogP contribution < -0.4 is 5.73 Å². The number of nitrogens with two attached hydrogens (primary N) is 1. The van der Waals surface area contributed by atoms with E-state index in [4.69, 9.17) is 5.73 Å². The monoisotopic (exact) mass is 58.1 g/mol. The molecule has 0 saturated carbocycles. The molecule has 4 heavy (non-hydrogen) atoms. The van der Waals surface area contributed by atoms with E-state index in [1.165, 1.54) is 0 Å². The van der Waals surface area contributed by atoms with Crippen LogP contribution in [0.2, 0.25) is 0 Å². The smallest absolute Gasteiger partial charge is 0.00110 e. The van der Waals surface area contributed by atoms with Crippen LogP contribution in [0.25, 0.3) is 0 Å². The second-order valence-corrected chi connectivity index (χ2v) is 0.977. The summed E-state index contributed by atoms with van der Waals surface area (Å²) in [5, 5.41) is 0. The highest BCUT2D eigenvalue weighted by Gasteiger charge is 1.67. The van der Waals surface area contributed by atoms with Gasteiger partial charge < -0.3 is 5.73 Å². The summed E-state index contributed by atoms with van der Waals surface area (Å²) >= 11 is 0. The lowest BCUT2D eigenvalue weighted by molar-refractivity contribution is 0.923. The van der Waals surface area contributed by atoms with E-state index in [0.29, 0.717) is 0 Å². The topological polar surface area (TPSA) is 26.0 Å². The fourth-order valence-corrected chi connectivity index (χ4v) is 0. The molecule has 25 valence electrons. The molecular weight excluding hydrogens is 50.0 g/mol. The Hall–Kier alpha value is -0.0400. The second-order valence-electron chi connectivity index (χ2n) is 0.977. The molecule has 2 N–H and O–H groups in total. The summed E-state index contributed by atoms with van der Waals surface area (Å²) in [6.07, 6.45) is 0. The molecule has 1 nitrogen and oxygen atoms in total. The quantitative estimate of drug-likeness (QED) is 0.422. The minimum atomic E-state index is 0.0833. The second kappa shape index (κ2) is 1.30. The van der Waals surface area contributed by atoms with E-state index in [1.807, 2.05) is 6.92 Å². The van der Waals surface area contributed by atoms with Gasteiger partial charge in [-0.05, 0) is 13.8 Å². The number of hydrogen-bond acceptors (Lipinski definition) is 1. The minimum absolute atomic E-state index is 0.0833. The Morgan fingerprint density at radius 1 is 2.00 bits per heavy atom. The molecule has 0 aliphatic carbocycles. The van der Waals surface area contributed by atoms with Gasteiger partial charge in [0.15, 0.2) is 0 Å². The maximum absolute atomic E-state index is 5.00. The molecule has 0 aromatic heterocycles. The van der Waals surface area contributed by atoms with Crippen molar-refractivity contribution in [2.75, 3.05) is 0 Å². The van der Waals surface area contributed by atoms with Crippen LogP contribution in [-0.4, -0.2) is 6.04 Å².